The SMILES string of the molecule is O=C(Nc1ccc2oc(=O)[nH]c2c1)C1CCNCC1. The third kappa shape index (κ3) is 2.53. The summed E-state index contributed by atoms with van der Waals surface area (Å²) in [4.78, 5) is 25.7. The summed E-state index contributed by atoms with van der Waals surface area (Å²) < 4.78 is 4.91. The van der Waals surface area contributed by atoms with Crippen molar-refractivity contribution in [1.82, 2.24) is 10.3 Å². The van der Waals surface area contributed by atoms with Gasteiger partial charge in [0.25, 0.3) is 0 Å². The van der Waals surface area contributed by atoms with E-state index in [1.54, 1.807) is 18.2 Å². The lowest BCUT2D eigenvalue weighted by Crippen LogP contribution is -2.34. The van der Waals surface area contributed by atoms with Gasteiger partial charge in [-0.1, -0.05) is 0 Å². The van der Waals surface area contributed by atoms with Gasteiger partial charge in [0.05, 0.1) is 5.52 Å². The fourth-order valence-electron chi connectivity index (χ4n) is 2.36. The van der Waals surface area contributed by atoms with Crippen molar-refractivity contribution in [2.75, 3.05) is 18.4 Å². The molecule has 0 saturated carbocycles. The molecule has 19 heavy (non-hydrogen) atoms. The highest BCUT2D eigenvalue weighted by Crippen LogP contribution is 2.19. The molecule has 1 amide bonds. The van der Waals surface area contributed by atoms with Crippen LogP contribution in [0.3, 0.4) is 0 Å². The molecule has 0 unspecified atom stereocenters. The lowest BCUT2D eigenvalue weighted by atomic mass is 9.97. The Bertz CT molecular complexity index is 652. The van der Waals surface area contributed by atoms with Crippen LogP contribution in [-0.4, -0.2) is 24.0 Å². The molecular weight excluding hydrogens is 246 g/mol. The minimum Gasteiger partial charge on any atom is -0.408 e. The second-order valence-corrected chi connectivity index (χ2v) is 4.74. The number of aromatic nitrogens is 1. The third-order valence-corrected chi connectivity index (χ3v) is 3.40. The van der Waals surface area contributed by atoms with Gasteiger partial charge in [0.15, 0.2) is 5.58 Å². The number of aromatic amines is 1. The molecule has 1 aliphatic rings. The number of H-pyrrole nitrogens is 1. The molecule has 0 aliphatic carbocycles. The Morgan fingerprint density at radius 1 is 1.32 bits per heavy atom. The molecule has 0 atom stereocenters. The van der Waals surface area contributed by atoms with Crippen molar-refractivity contribution in [1.29, 1.82) is 0 Å². The molecule has 2 heterocycles. The van der Waals surface area contributed by atoms with Crippen LogP contribution in [0.25, 0.3) is 11.1 Å². The Hall–Kier alpha value is -2.08. The Morgan fingerprint density at radius 3 is 2.89 bits per heavy atom. The van der Waals surface area contributed by atoms with Crippen molar-refractivity contribution in [3.05, 3.63) is 28.7 Å². The highest BCUT2D eigenvalue weighted by atomic mass is 16.4. The van der Waals surface area contributed by atoms with Gasteiger partial charge in [-0.2, -0.15) is 0 Å². The molecule has 2 aromatic rings. The highest BCUT2D eigenvalue weighted by Gasteiger charge is 2.20. The highest BCUT2D eigenvalue weighted by molar-refractivity contribution is 5.94. The Kier molecular flexibility index (Phi) is 3.08. The Morgan fingerprint density at radius 2 is 2.11 bits per heavy atom. The summed E-state index contributed by atoms with van der Waals surface area (Å²) in [7, 11) is 0. The van der Waals surface area contributed by atoms with Crippen LogP contribution in [-0.2, 0) is 4.79 Å². The Labute approximate surface area is 109 Å². The smallest absolute Gasteiger partial charge is 0.408 e. The summed E-state index contributed by atoms with van der Waals surface area (Å²) in [5.74, 6) is -0.399. The maximum Gasteiger partial charge on any atom is 0.417 e. The summed E-state index contributed by atoms with van der Waals surface area (Å²) in [6.07, 6.45) is 1.72. The van der Waals surface area contributed by atoms with Crippen LogP contribution in [0.5, 0.6) is 0 Å². The lowest BCUT2D eigenvalue weighted by Gasteiger charge is -2.21. The van der Waals surface area contributed by atoms with Crippen LogP contribution in [0.1, 0.15) is 12.8 Å². The van der Waals surface area contributed by atoms with Gasteiger partial charge in [-0.05, 0) is 44.1 Å². The molecular formula is C13H15N3O3. The average Bonchev–Trinajstić information content (AvgIpc) is 2.79. The van der Waals surface area contributed by atoms with Crippen molar-refractivity contribution in [3.8, 4) is 0 Å². The summed E-state index contributed by atoms with van der Waals surface area (Å²) in [6.45, 7) is 1.76. The van der Waals surface area contributed by atoms with Crippen molar-refractivity contribution in [3.63, 3.8) is 0 Å². The van der Waals surface area contributed by atoms with Crippen molar-refractivity contribution >= 4 is 22.7 Å². The number of hydrogen-bond donors (Lipinski definition) is 3. The summed E-state index contributed by atoms with van der Waals surface area (Å²) in [5.41, 5.74) is 1.76. The number of anilines is 1. The van der Waals surface area contributed by atoms with E-state index in [4.69, 9.17) is 4.42 Å². The van der Waals surface area contributed by atoms with Gasteiger partial charge in [0.2, 0.25) is 5.91 Å². The number of carbonyl (C=O) groups is 1. The molecule has 3 rings (SSSR count). The standard InChI is InChI=1S/C13H15N3O3/c17-12(8-3-5-14-6-4-8)15-9-1-2-11-10(7-9)16-13(18)19-11/h1-2,7-8,14H,3-6H2,(H,15,17)(H,16,18). The molecule has 6 heteroatoms. The van der Waals surface area contributed by atoms with Gasteiger partial charge in [0.1, 0.15) is 0 Å². The van der Waals surface area contributed by atoms with Gasteiger partial charge < -0.3 is 15.1 Å². The number of benzene rings is 1. The first-order chi connectivity index (χ1) is 9.22. The largest absolute Gasteiger partial charge is 0.417 e. The topological polar surface area (TPSA) is 87.1 Å². The molecule has 0 bridgehead atoms. The maximum absolute atomic E-state index is 12.1. The first-order valence-electron chi connectivity index (χ1n) is 6.37. The van der Waals surface area contributed by atoms with Crippen LogP contribution in [0.2, 0.25) is 0 Å². The van der Waals surface area contributed by atoms with Gasteiger partial charge >= 0.3 is 5.76 Å². The molecule has 1 aromatic carbocycles. The molecule has 6 nitrogen and oxygen atoms in total. The maximum atomic E-state index is 12.1. The molecule has 0 spiro atoms. The summed E-state index contributed by atoms with van der Waals surface area (Å²) in [6, 6.07) is 5.11. The number of hydrogen-bond acceptors (Lipinski definition) is 4. The van der Waals surface area contributed by atoms with E-state index in [1.807, 2.05) is 0 Å². The molecule has 1 aliphatic heterocycles. The van der Waals surface area contributed by atoms with E-state index in [1.165, 1.54) is 0 Å². The first kappa shape index (κ1) is 12.0. The summed E-state index contributed by atoms with van der Waals surface area (Å²) in [5, 5.41) is 6.11. The normalized spacial score (nSPS) is 16.6. The van der Waals surface area contributed by atoms with Crippen LogP contribution in [0, 0.1) is 5.92 Å². The van der Waals surface area contributed by atoms with Crippen molar-refractivity contribution in [2.24, 2.45) is 5.92 Å². The molecule has 1 saturated heterocycles. The fourth-order valence-corrected chi connectivity index (χ4v) is 2.36. The zero-order valence-corrected chi connectivity index (χ0v) is 10.4. The zero-order valence-electron chi connectivity index (χ0n) is 10.4. The molecule has 3 N–H and O–H groups in total. The average molecular weight is 261 g/mol. The number of carbonyl (C=O) groups excluding carboxylic acids is 1. The number of fused-ring (bicyclic) bond motifs is 1. The quantitative estimate of drug-likeness (QED) is 0.754. The van der Waals surface area contributed by atoms with E-state index in [-0.39, 0.29) is 11.8 Å². The number of rotatable bonds is 2. The van der Waals surface area contributed by atoms with E-state index in [0.717, 1.165) is 25.9 Å². The van der Waals surface area contributed by atoms with E-state index in [9.17, 15) is 9.59 Å². The lowest BCUT2D eigenvalue weighted by molar-refractivity contribution is -0.120. The molecule has 1 aromatic heterocycles. The van der Waals surface area contributed by atoms with Gasteiger partial charge in [-0.15, -0.1) is 0 Å². The monoisotopic (exact) mass is 261 g/mol. The second kappa shape index (κ2) is 4.89. The number of piperidine rings is 1. The second-order valence-electron chi connectivity index (χ2n) is 4.74. The van der Waals surface area contributed by atoms with Crippen LogP contribution < -0.4 is 16.4 Å². The third-order valence-electron chi connectivity index (χ3n) is 3.40. The van der Waals surface area contributed by atoms with Crippen molar-refractivity contribution < 1.29 is 9.21 Å². The number of amides is 1. The van der Waals surface area contributed by atoms with Crippen LogP contribution in [0.15, 0.2) is 27.4 Å². The van der Waals surface area contributed by atoms with Crippen LogP contribution >= 0.6 is 0 Å². The van der Waals surface area contributed by atoms with E-state index in [0.29, 0.717) is 16.8 Å². The molecule has 0 radical (unpaired) electrons. The fraction of sp³-hybridized carbons (Fsp3) is 0.385. The van der Waals surface area contributed by atoms with Gasteiger partial charge in [-0.3, -0.25) is 9.78 Å². The predicted molar refractivity (Wildman–Crippen MR) is 71.1 cm³/mol. The first-order valence-corrected chi connectivity index (χ1v) is 6.37. The minimum absolute atomic E-state index is 0.0340. The Balaban J connectivity index is 1.76. The van der Waals surface area contributed by atoms with Crippen molar-refractivity contribution in [2.45, 2.75) is 12.8 Å². The van der Waals surface area contributed by atoms with E-state index < -0.39 is 5.76 Å². The molecule has 1 fully saturated rings. The minimum atomic E-state index is -0.489. The summed E-state index contributed by atoms with van der Waals surface area (Å²) >= 11 is 0. The van der Waals surface area contributed by atoms with E-state index in [2.05, 4.69) is 15.6 Å². The van der Waals surface area contributed by atoms with E-state index >= 15 is 0 Å². The number of oxazole rings is 1. The van der Waals surface area contributed by atoms with Gasteiger partial charge in [-0.25, -0.2) is 4.79 Å². The van der Waals surface area contributed by atoms with Crippen LogP contribution in [0.4, 0.5) is 5.69 Å². The molecule has 100 valence electrons. The number of nitrogens with one attached hydrogen (secondary N) is 3. The zero-order chi connectivity index (χ0) is 13.2. The predicted octanol–water partition coefficient (Wildman–Crippen LogP) is 1.06. The van der Waals surface area contributed by atoms with Gasteiger partial charge in [0, 0.05) is 11.6 Å².